The number of benzene rings is 2. The third-order valence-electron chi connectivity index (χ3n) is 10.3. The monoisotopic (exact) mass is 487 g/mol. The molecule has 0 aromatic heterocycles. The zero-order valence-corrected chi connectivity index (χ0v) is 20.3. The van der Waals surface area contributed by atoms with Crippen LogP contribution in [0.3, 0.4) is 0 Å². The van der Waals surface area contributed by atoms with E-state index in [-0.39, 0.29) is 29.3 Å². The molecule has 35 heavy (non-hydrogen) atoms. The molecule has 3 saturated heterocycles. The van der Waals surface area contributed by atoms with Crippen LogP contribution in [-0.4, -0.2) is 60.6 Å². The predicted octanol–water partition coefficient (Wildman–Crippen LogP) is 4.14. The number of anilines is 1. The molecule has 4 fully saturated rings. The molecule has 0 radical (unpaired) electrons. The topological polar surface area (TPSA) is 46.6 Å². The molecular formula is C29H28ClN2O3+. The van der Waals surface area contributed by atoms with Gasteiger partial charge in [-0.3, -0.25) is 9.59 Å². The Hall–Kier alpha value is -2.47. The van der Waals surface area contributed by atoms with Crippen LogP contribution < -0.4 is 4.90 Å². The first-order chi connectivity index (χ1) is 17.0. The number of quaternary nitrogens is 1. The number of Topliss-reactive ketones (excluding diaryl/α,β-unsaturated/α-hetero) is 1. The van der Waals surface area contributed by atoms with Crippen LogP contribution in [0.25, 0.3) is 0 Å². The van der Waals surface area contributed by atoms with Gasteiger partial charge in [0.1, 0.15) is 19.1 Å². The van der Waals surface area contributed by atoms with Gasteiger partial charge in [0.25, 0.3) is 0 Å². The Morgan fingerprint density at radius 1 is 1.17 bits per heavy atom. The van der Waals surface area contributed by atoms with Crippen LogP contribution in [0, 0.1) is 11.8 Å². The van der Waals surface area contributed by atoms with Gasteiger partial charge in [0.2, 0.25) is 11.7 Å². The molecule has 2 aromatic carbocycles. The maximum atomic E-state index is 13.7. The van der Waals surface area contributed by atoms with Crippen molar-refractivity contribution in [3.63, 3.8) is 0 Å². The number of hydrogen-bond donors (Lipinski definition) is 0. The summed E-state index contributed by atoms with van der Waals surface area (Å²) in [7, 11) is 0. The molecule has 7 atom stereocenters. The van der Waals surface area contributed by atoms with Crippen LogP contribution >= 0.6 is 11.6 Å². The molecule has 5 nitrogen and oxygen atoms in total. The number of fused-ring (bicyclic) bond motifs is 2. The zero-order valence-electron chi connectivity index (χ0n) is 19.5. The van der Waals surface area contributed by atoms with Gasteiger partial charge in [0, 0.05) is 35.0 Å². The number of halogens is 1. The fraction of sp³-hybridized carbons (Fsp3) is 0.448. The summed E-state index contributed by atoms with van der Waals surface area (Å²) in [4.78, 5) is 29.4. The van der Waals surface area contributed by atoms with Crippen molar-refractivity contribution in [2.45, 2.75) is 42.9 Å². The summed E-state index contributed by atoms with van der Waals surface area (Å²) in [5.41, 5.74) is 4.52. The second-order valence-electron chi connectivity index (χ2n) is 11.5. The van der Waals surface area contributed by atoms with Gasteiger partial charge in [-0.1, -0.05) is 35.9 Å². The van der Waals surface area contributed by atoms with E-state index in [1.807, 2.05) is 24.3 Å². The van der Waals surface area contributed by atoms with E-state index in [2.05, 4.69) is 35.2 Å². The number of amides is 1. The van der Waals surface area contributed by atoms with E-state index in [0.29, 0.717) is 42.5 Å². The van der Waals surface area contributed by atoms with Gasteiger partial charge < -0.3 is 14.1 Å². The summed E-state index contributed by atoms with van der Waals surface area (Å²) in [6.45, 7) is 2.96. The average molecular weight is 488 g/mol. The summed E-state index contributed by atoms with van der Waals surface area (Å²) in [5, 5.41) is 0.649. The molecule has 6 heteroatoms. The largest absolute Gasteiger partial charge is 0.373 e. The molecule has 0 N–H and O–H groups in total. The van der Waals surface area contributed by atoms with Crippen LogP contribution in [-0.2, 0) is 14.9 Å². The first-order valence-corrected chi connectivity index (χ1v) is 13.3. The highest BCUT2D eigenvalue weighted by Crippen LogP contribution is 2.67. The van der Waals surface area contributed by atoms with Gasteiger partial charge in [-0.15, -0.1) is 0 Å². The van der Waals surface area contributed by atoms with Crippen LogP contribution in [0.5, 0.6) is 0 Å². The standard InChI is InChI=1S/C29H28ClN2O3/c30-19-7-5-17(6-8-19)23(33)16-32-11-10-29-21-3-1-2-4-22(21)31-26(34)14-24-27(28(29)31)20(13-25(29)32)18(15-32)9-12-35-24/h1-9,20,24-25,27-28H,10-16H2/q+1/t20-,24+,25-,27-,28+,29+,32+/m1/s1. The molecule has 1 spiro atoms. The van der Waals surface area contributed by atoms with E-state index >= 15 is 0 Å². The van der Waals surface area contributed by atoms with Crippen molar-refractivity contribution in [3.05, 3.63) is 76.3 Å². The van der Waals surface area contributed by atoms with Crippen LogP contribution in [0.2, 0.25) is 5.02 Å². The fourth-order valence-electron chi connectivity index (χ4n) is 9.21. The van der Waals surface area contributed by atoms with Gasteiger partial charge in [0.15, 0.2) is 0 Å². The maximum Gasteiger partial charge on any atom is 0.229 e. The third-order valence-corrected chi connectivity index (χ3v) is 10.6. The van der Waals surface area contributed by atoms with Crippen molar-refractivity contribution >= 4 is 29.0 Å². The Kier molecular flexibility index (Phi) is 4.05. The number of carbonyl (C=O) groups excluding carboxylic acids is 2. The molecule has 2 aromatic rings. The molecule has 1 amide bonds. The number of ether oxygens (including phenoxy) is 1. The molecule has 178 valence electrons. The maximum absolute atomic E-state index is 13.7. The van der Waals surface area contributed by atoms with Gasteiger partial charge in [0.05, 0.1) is 37.1 Å². The van der Waals surface area contributed by atoms with E-state index < -0.39 is 0 Å². The summed E-state index contributed by atoms with van der Waals surface area (Å²) < 4.78 is 7.18. The SMILES string of the molecule is O=C(C[N@+]12CC[C@]34c5ccccc5N5C(=O)C[C@@H]6OCC=C(C1)[C@@H](C[C@H]32)[C@H]6[C@H]54)c1ccc(Cl)cc1. The van der Waals surface area contributed by atoms with Crippen LogP contribution in [0.1, 0.15) is 35.2 Å². The Morgan fingerprint density at radius 3 is 2.86 bits per heavy atom. The summed E-state index contributed by atoms with van der Waals surface area (Å²) >= 11 is 6.10. The summed E-state index contributed by atoms with van der Waals surface area (Å²) in [6, 6.07) is 16.4. The summed E-state index contributed by atoms with van der Waals surface area (Å²) in [6.07, 6.45) is 4.85. The molecule has 0 unspecified atom stereocenters. The van der Waals surface area contributed by atoms with Crippen molar-refractivity contribution in [1.29, 1.82) is 0 Å². The molecule has 2 bridgehead atoms. The number of nitrogens with zero attached hydrogens (tertiary/aromatic N) is 2. The number of carbonyl (C=O) groups is 2. The van der Waals surface area contributed by atoms with Gasteiger partial charge >= 0.3 is 0 Å². The molecule has 1 saturated carbocycles. The second kappa shape index (κ2) is 6.84. The Bertz CT molecular complexity index is 1320. The lowest BCUT2D eigenvalue weighted by Crippen LogP contribution is -2.73. The van der Waals surface area contributed by atoms with Gasteiger partial charge in [-0.25, -0.2) is 0 Å². The minimum atomic E-state index is -0.106. The number of rotatable bonds is 3. The smallest absolute Gasteiger partial charge is 0.229 e. The summed E-state index contributed by atoms with van der Waals surface area (Å²) in [5.74, 6) is 1.15. The Labute approximate surface area is 209 Å². The molecular weight excluding hydrogens is 460 g/mol. The zero-order chi connectivity index (χ0) is 23.5. The van der Waals surface area contributed by atoms with Crippen LogP contribution in [0.4, 0.5) is 5.69 Å². The minimum absolute atomic E-state index is 0.00839. The highest BCUT2D eigenvalue weighted by atomic mass is 35.5. The van der Waals surface area contributed by atoms with Crippen molar-refractivity contribution in [2.24, 2.45) is 11.8 Å². The van der Waals surface area contributed by atoms with E-state index in [1.54, 1.807) is 0 Å². The predicted molar refractivity (Wildman–Crippen MR) is 132 cm³/mol. The van der Waals surface area contributed by atoms with Crippen molar-refractivity contribution in [3.8, 4) is 0 Å². The average Bonchev–Trinajstić information content (AvgIpc) is 3.29. The number of ketones is 1. The first-order valence-electron chi connectivity index (χ1n) is 12.9. The van der Waals surface area contributed by atoms with Gasteiger partial charge in [-0.2, -0.15) is 0 Å². The van der Waals surface area contributed by atoms with Gasteiger partial charge in [-0.05, 0) is 47.4 Å². The lowest BCUT2D eigenvalue weighted by molar-refractivity contribution is -0.935. The van der Waals surface area contributed by atoms with E-state index in [0.717, 1.165) is 41.7 Å². The lowest BCUT2D eigenvalue weighted by atomic mass is 9.53. The normalized spacial score (nSPS) is 39.7. The van der Waals surface area contributed by atoms with E-state index in [4.69, 9.17) is 16.3 Å². The molecule has 6 aliphatic rings. The molecule has 5 aliphatic heterocycles. The Balaban J connectivity index is 1.31. The number of piperidine rings is 2. The quantitative estimate of drug-likeness (QED) is 0.371. The van der Waals surface area contributed by atoms with E-state index in [1.165, 1.54) is 11.1 Å². The minimum Gasteiger partial charge on any atom is -0.373 e. The van der Waals surface area contributed by atoms with Crippen molar-refractivity contribution in [2.75, 3.05) is 31.1 Å². The lowest BCUT2D eigenvalue weighted by Gasteiger charge is -2.60. The molecule has 5 heterocycles. The third kappa shape index (κ3) is 2.47. The number of para-hydroxylation sites is 1. The van der Waals surface area contributed by atoms with Crippen molar-refractivity contribution in [1.82, 2.24) is 0 Å². The van der Waals surface area contributed by atoms with Crippen molar-refractivity contribution < 1.29 is 18.8 Å². The number of hydrogen-bond acceptors (Lipinski definition) is 3. The Morgan fingerprint density at radius 2 is 2.00 bits per heavy atom. The second-order valence-corrected chi connectivity index (χ2v) is 11.9. The fourth-order valence-corrected chi connectivity index (χ4v) is 9.34. The highest BCUT2D eigenvalue weighted by Gasteiger charge is 2.76. The molecule has 8 rings (SSSR count). The molecule has 1 aliphatic carbocycles. The highest BCUT2D eigenvalue weighted by molar-refractivity contribution is 6.30. The van der Waals surface area contributed by atoms with E-state index in [9.17, 15) is 9.59 Å². The first kappa shape index (κ1) is 20.7. The van der Waals surface area contributed by atoms with Crippen LogP contribution in [0.15, 0.2) is 60.2 Å².